The van der Waals surface area contributed by atoms with Gasteiger partial charge in [0.05, 0.1) is 23.5 Å². The minimum absolute atomic E-state index is 0.00746. The molecule has 0 unspecified atom stereocenters. The lowest BCUT2D eigenvalue weighted by Gasteiger charge is -2.19. The molecule has 1 aliphatic heterocycles. The quantitative estimate of drug-likeness (QED) is 0.733. The van der Waals surface area contributed by atoms with Crippen LogP contribution in [0.1, 0.15) is 16.1 Å². The summed E-state index contributed by atoms with van der Waals surface area (Å²) in [5.41, 5.74) is 2.33. The average molecular weight is 383 g/mol. The monoisotopic (exact) mass is 382 g/mol. The Bertz CT molecular complexity index is 980. The number of hydrogen-bond donors (Lipinski definition) is 1. The first kappa shape index (κ1) is 17.2. The molecule has 3 aromatic rings. The molecule has 0 saturated heterocycles. The normalized spacial score (nSPS) is 13.4. The van der Waals surface area contributed by atoms with E-state index in [1.807, 2.05) is 6.07 Å². The maximum absolute atomic E-state index is 12.7. The molecule has 0 radical (unpaired) electrons. The number of halogens is 1. The van der Waals surface area contributed by atoms with Gasteiger partial charge in [0.1, 0.15) is 12.3 Å². The molecule has 0 saturated carbocycles. The summed E-state index contributed by atoms with van der Waals surface area (Å²) in [4.78, 5) is 26.6. The van der Waals surface area contributed by atoms with E-state index in [0.29, 0.717) is 34.1 Å². The fraction of sp³-hybridized carbons (Fsp3) is 0.158. The number of rotatable bonds is 2. The van der Waals surface area contributed by atoms with Gasteiger partial charge in [-0.2, -0.15) is 0 Å². The number of carbonyl (C=O) groups is 1. The predicted molar refractivity (Wildman–Crippen MR) is 98.6 cm³/mol. The van der Waals surface area contributed by atoms with Crippen LogP contribution in [-0.2, 0) is 6.54 Å². The summed E-state index contributed by atoms with van der Waals surface area (Å²) in [5, 5.41) is 10.9. The zero-order chi connectivity index (χ0) is 18.8. The lowest BCUT2D eigenvalue weighted by Crippen LogP contribution is -2.33. The van der Waals surface area contributed by atoms with Gasteiger partial charge in [0, 0.05) is 36.3 Å². The molecule has 1 aromatic carbocycles. The third-order valence-corrected chi connectivity index (χ3v) is 4.43. The Morgan fingerprint density at radius 3 is 2.81 bits per heavy atom. The van der Waals surface area contributed by atoms with Gasteiger partial charge in [-0.25, -0.2) is 4.98 Å². The van der Waals surface area contributed by atoms with Crippen LogP contribution < -0.4 is 4.74 Å². The first-order chi connectivity index (χ1) is 13.1. The second kappa shape index (κ2) is 7.20. The zero-order valence-corrected chi connectivity index (χ0v) is 14.9. The molecular formula is C19H15ClN4O3. The number of ether oxygens (including phenoxy) is 1. The molecule has 4 rings (SSSR count). The highest BCUT2D eigenvalue weighted by atomic mass is 35.5. The molecule has 8 heteroatoms. The summed E-state index contributed by atoms with van der Waals surface area (Å²) in [7, 11) is 0. The van der Waals surface area contributed by atoms with Crippen LogP contribution in [0.15, 0.2) is 49.1 Å². The van der Waals surface area contributed by atoms with Crippen LogP contribution in [0.25, 0.3) is 11.3 Å². The number of nitrogens with zero attached hydrogens (tertiary/aromatic N) is 4. The Balaban J connectivity index is 1.69. The Hall–Kier alpha value is -3.19. The number of aromatic nitrogens is 3. The van der Waals surface area contributed by atoms with Crippen molar-refractivity contribution in [2.24, 2.45) is 0 Å². The van der Waals surface area contributed by atoms with Crippen molar-refractivity contribution in [3.05, 3.63) is 65.3 Å². The number of phenolic OH excluding ortho intramolecular Hbond substituents is 1. The van der Waals surface area contributed by atoms with E-state index in [9.17, 15) is 9.90 Å². The van der Waals surface area contributed by atoms with E-state index in [-0.39, 0.29) is 30.5 Å². The van der Waals surface area contributed by atoms with Crippen LogP contribution in [0, 0.1) is 0 Å². The second-order valence-corrected chi connectivity index (χ2v) is 6.45. The van der Waals surface area contributed by atoms with Crippen LogP contribution in [0.3, 0.4) is 0 Å². The van der Waals surface area contributed by atoms with Gasteiger partial charge in [0.2, 0.25) is 0 Å². The molecule has 2 aromatic heterocycles. The van der Waals surface area contributed by atoms with Gasteiger partial charge in [-0.1, -0.05) is 11.6 Å². The Morgan fingerprint density at radius 2 is 2.07 bits per heavy atom. The summed E-state index contributed by atoms with van der Waals surface area (Å²) in [5.74, 6) is 0.143. The highest BCUT2D eigenvalue weighted by Gasteiger charge is 2.24. The van der Waals surface area contributed by atoms with Crippen molar-refractivity contribution < 1.29 is 14.6 Å². The average Bonchev–Trinajstić information content (AvgIpc) is 2.91. The first-order valence-electron chi connectivity index (χ1n) is 8.28. The van der Waals surface area contributed by atoms with Crippen molar-refractivity contribution >= 4 is 17.5 Å². The van der Waals surface area contributed by atoms with Gasteiger partial charge in [-0.3, -0.25) is 14.8 Å². The van der Waals surface area contributed by atoms with Gasteiger partial charge in [-0.15, -0.1) is 0 Å². The summed E-state index contributed by atoms with van der Waals surface area (Å²) in [6, 6.07) is 6.94. The largest absolute Gasteiger partial charge is 0.504 e. The minimum atomic E-state index is -0.242. The first-order valence-corrected chi connectivity index (χ1v) is 8.65. The summed E-state index contributed by atoms with van der Waals surface area (Å²) in [6.45, 7) is 0.920. The summed E-state index contributed by atoms with van der Waals surface area (Å²) >= 11 is 5.89. The number of hydrogen-bond acceptors (Lipinski definition) is 6. The number of phenols is 1. The molecule has 136 valence electrons. The van der Waals surface area contributed by atoms with Crippen LogP contribution in [0.2, 0.25) is 5.02 Å². The van der Waals surface area contributed by atoms with Crippen molar-refractivity contribution in [1.82, 2.24) is 19.9 Å². The number of pyridine rings is 1. The molecule has 7 nitrogen and oxygen atoms in total. The van der Waals surface area contributed by atoms with Crippen LogP contribution in [0.5, 0.6) is 11.5 Å². The highest BCUT2D eigenvalue weighted by Crippen LogP contribution is 2.37. The third kappa shape index (κ3) is 3.54. The minimum Gasteiger partial charge on any atom is -0.504 e. The van der Waals surface area contributed by atoms with Crippen molar-refractivity contribution in [3.8, 4) is 22.8 Å². The maximum Gasteiger partial charge on any atom is 0.274 e. The van der Waals surface area contributed by atoms with Crippen LogP contribution in [-0.4, -0.2) is 44.0 Å². The van der Waals surface area contributed by atoms with Gasteiger partial charge < -0.3 is 14.7 Å². The van der Waals surface area contributed by atoms with E-state index in [1.54, 1.807) is 29.3 Å². The number of fused-ring (bicyclic) bond motifs is 1. The summed E-state index contributed by atoms with van der Waals surface area (Å²) < 4.78 is 5.68. The maximum atomic E-state index is 12.7. The zero-order valence-electron chi connectivity index (χ0n) is 14.2. The smallest absolute Gasteiger partial charge is 0.274 e. The van der Waals surface area contributed by atoms with E-state index < -0.39 is 0 Å². The highest BCUT2D eigenvalue weighted by molar-refractivity contribution is 6.30. The number of aromatic hydroxyl groups is 1. The van der Waals surface area contributed by atoms with E-state index in [4.69, 9.17) is 16.3 Å². The van der Waals surface area contributed by atoms with Crippen molar-refractivity contribution in [2.45, 2.75) is 6.54 Å². The number of benzene rings is 1. The summed E-state index contributed by atoms with van der Waals surface area (Å²) in [6.07, 6.45) is 5.97. The molecule has 1 amide bonds. The molecule has 0 aliphatic carbocycles. The van der Waals surface area contributed by atoms with E-state index in [1.165, 1.54) is 18.6 Å². The van der Waals surface area contributed by atoms with E-state index in [2.05, 4.69) is 15.0 Å². The molecule has 0 bridgehead atoms. The number of amides is 1. The third-order valence-electron chi connectivity index (χ3n) is 4.21. The van der Waals surface area contributed by atoms with Gasteiger partial charge in [0.25, 0.3) is 5.91 Å². The standard InChI is InChI=1S/C19H15ClN4O3/c20-14-1-2-15(23-9-14)12-7-13-11-24(5-6-27-18(13)17(25)8-12)19(26)16-10-21-3-4-22-16/h1-4,7-10,25H,5-6,11H2. The number of carbonyl (C=O) groups excluding carboxylic acids is 1. The molecular weight excluding hydrogens is 368 g/mol. The lowest BCUT2D eigenvalue weighted by atomic mass is 10.0. The molecule has 3 heterocycles. The Morgan fingerprint density at radius 1 is 1.19 bits per heavy atom. The molecule has 0 fully saturated rings. The second-order valence-electron chi connectivity index (χ2n) is 6.01. The molecule has 0 spiro atoms. The van der Waals surface area contributed by atoms with E-state index in [0.717, 1.165) is 0 Å². The predicted octanol–water partition coefficient (Wildman–Crippen LogP) is 2.93. The van der Waals surface area contributed by atoms with Gasteiger partial charge in [-0.05, 0) is 24.3 Å². The molecule has 27 heavy (non-hydrogen) atoms. The van der Waals surface area contributed by atoms with Crippen molar-refractivity contribution in [1.29, 1.82) is 0 Å². The van der Waals surface area contributed by atoms with Crippen molar-refractivity contribution in [2.75, 3.05) is 13.2 Å². The van der Waals surface area contributed by atoms with E-state index >= 15 is 0 Å². The van der Waals surface area contributed by atoms with Crippen LogP contribution in [0.4, 0.5) is 0 Å². The fourth-order valence-corrected chi connectivity index (χ4v) is 3.05. The topological polar surface area (TPSA) is 88.4 Å². The van der Waals surface area contributed by atoms with Crippen LogP contribution >= 0.6 is 11.6 Å². The van der Waals surface area contributed by atoms with Gasteiger partial charge in [0.15, 0.2) is 11.5 Å². The Kier molecular flexibility index (Phi) is 4.60. The fourth-order valence-electron chi connectivity index (χ4n) is 2.94. The van der Waals surface area contributed by atoms with Crippen molar-refractivity contribution in [3.63, 3.8) is 0 Å². The molecule has 1 N–H and O–H groups in total. The van der Waals surface area contributed by atoms with Gasteiger partial charge >= 0.3 is 0 Å². The lowest BCUT2D eigenvalue weighted by molar-refractivity contribution is 0.0726. The SMILES string of the molecule is O=C(c1cnccn1)N1CCOc2c(O)cc(-c3ccc(Cl)cn3)cc2C1. The Labute approximate surface area is 160 Å². The molecule has 0 atom stereocenters. The molecule has 1 aliphatic rings.